The maximum atomic E-state index is 4.22. The van der Waals surface area contributed by atoms with Gasteiger partial charge >= 0.3 is 0 Å². The molecular weight excluding hydrogens is 204 g/mol. The Morgan fingerprint density at radius 2 is 1.93 bits per heavy atom. The molecule has 1 fully saturated rings. The number of likely N-dealkylation sites (tertiary alicyclic amines) is 1. The van der Waals surface area contributed by atoms with Gasteiger partial charge in [-0.05, 0) is 44.3 Å². The molecule has 0 amide bonds. The molecule has 1 heterocycles. The highest BCUT2D eigenvalue weighted by atomic mass is 32.1. The van der Waals surface area contributed by atoms with Crippen molar-refractivity contribution in [3.63, 3.8) is 0 Å². The van der Waals surface area contributed by atoms with E-state index in [1.807, 2.05) is 0 Å². The van der Waals surface area contributed by atoms with Gasteiger partial charge in [0.15, 0.2) is 0 Å². The van der Waals surface area contributed by atoms with Gasteiger partial charge in [-0.15, -0.1) is 0 Å². The first-order valence-electron chi connectivity index (χ1n) is 6.06. The second-order valence-corrected chi connectivity index (χ2v) is 5.91. The van der Waals surface area contributed by atoms with Crippen LogP contribution in [0.25, 0.3) is 0 Å². The summed E-state index contributed by atoms with van der Waals surface area (Å²) in [5, 5.41) is 3.49. The standard InChI is InChI=1S/C12H26N2S/c1-12(2,10-13-6-9-15)11-4-7-14(3)8-5-11/h11,13,15H,4-10H2,1-3H3. The minimum Gasteiger partial charge on any atom is -0.315 e. The fourth-order valence-electron chi connectivity index (χ4n) is 2.42. The number of thiol groups is 1. The molecule has 0 aromatic carbocycles. The summed E-state index contributed by atoms with van der Waals surface area (Å²) in [6.45, 7) is 9.48. The van der Waals surface area contributed by atoms with Crippen LogP contribution in [0.3, 0.4) is 0 Å². The Hall–Kier alpha value is 0.270. The second kappa shape index (κ2) is 6.12. The summed E-state index contributed by atoms with van der Waals surface area (Å²) in [7, 11) is 2.22. The minimum absolute atomic E-state index is 0.435. The van der Waals surface area contributed by atoms with Crippen LogP contribution in [0.2, 0.25) is 0 Å². The number of hydrogen-bond donors (Lipinski definition) is 2. The lowest BCUT2D eigenvalue weighted by Crippen LogP contribution is -2.42. The highest BCUT2D eigenvalue weighted by Crippen LogP contribution is 2.33. The minimum atomic E-state index is 0.435. The molecule has 0 unspecified atom stereocenters. The zero-order chi connectivity index (χ0) is 11.3. The summed E-state index contributed by atoms with van der Waals surface area (Å²) in [6.07, 6.45) is 2.71. The number of hydrogen-bond acceptors (Lipinski definition) is 3. The van der Waals surface area contributed by atoms with E-state index in [0.717, 1.165) is 24.8 Å². The largest absolute Gasteiger partial charge is 0.315 e. The van der Waals surface area contributed by atoms with E-state index in [0.29, 0.717) is 5.41 Å². The fourth-order valence-corrected chi connectivity index (χ4v) is 2.58. The summed E-state index contributed by atoms with van der Waals surface area (Å²) >= 11 is 4.22. The highest BCUT2D eigenvalue weighted by Gasteiger charge is 2.31. The van der Waals surface area contributed by atoms with Crippen molar-refractivity contribution in [1.29, 1.82) is 0 Å². The molecule has 1 N–H and O–H groups in total. The normalized spacial score (nSPS) is 20.8. The van der Waals surface area contributed by atoms with Crippen molar-refractivity contribution in [2.45, 2.75) is 26.7 Å². The van der Waals surface area contributed by atoms with Crippen LogP contribution in [-0.4, -0.2) is 43.9 Å². The third-order valence-corrected chi connectivity index (χ3v) is 3.92. The quantitative estimate of drug-likeness (QED) is 0.554. The molecule has 0 radical (unpaired) electrons. The van der Waals surface area contributed by atoms with Crippen LogP contribution in [0, 0.1) is 11.3 Å². The molecule has 0 spiro atoms. The number of nitrogens with one attached hydrogen (secondary N) is 1. The molecule has 0 atom stereocenters. The van der Waals surface area contributed by atoms with Crippen molar-refractivity contribution < 1.29 is 0 Å². The third kappa shape index (κ3) is 4.33. The SMILES string of the molecule is CN1CCC(C(C)(C)CNCCS)CC1. The van der Waals surface area contributed by atoms with Crippen LogP contribution in [-0.2, 0) is 0 Å². The topological polar surface area (TPSA) is 15.3 Å². The molecule has 3 heteroatoms. The van der Waals surface area contributed by atoms with E-state index >= 15 is 0 Å². The second-order valence-electron chi connectivity index (χ2n) is 5.47. The Balaban J connectivity index is 2.32. The van der Waals surface area contributed by atoms with Gasteiger partial charge in [-0.1, -0.05) is 13.8 Å². The predicted molar refractivity (Wildman–Crippen MR) is 70.7 cm³/mol. The smallest absolute Gasteiger partial charge is 0.00399 e. The Morgan fingerprint density at radius 1 is 1.33 bits per heavy atom. The van der Waals surface area contributed by atoms with E-state index in [1.165, 1.54) is 25.9 Å². The first-order chi connectivity index (χ1) is 7.06. The molecular formula is C12H26N2S. The number of rotatable bonds is 5. The molecule has 0 aliphatic carbocycles. The molecule has 15 heavy (non-hydrogen) atoms. The van der Waals surface area contributed by atoms with Crippen LogP contribution in [0.1, 0.15) is 26.7 Å². The van der Waals surface area contributed by atoms with Crippen LogP contribution >= 0.6 is 12.6 Å². The van der Waals surface area contributed by atoms with Gasteiger partial charge in [0.1, 0.15) is 0 Å². The Labute approximate surface area is 100 Å². The molecule has 0 aromatic rings. The maximum Gasteiger partial charge on any atom is 0.00399 e. The van der Waals surface area contributed by atoms with Crippen LogP contribution in [0.5, 0.6) is 0 Å². The monoisotopic (exact) mass is 230 g/mol. The van der Waals surface area contributed by atoms with Gasteiger partial charge in [-0.2, -0.15) is 12.6 Å². The predicted octanol–water partition coefficient (Wildman–Crippen LogP) is 1.87. The average molecular weight is 230 g/mol. The molecule has 0 saturated carbocycles. The van der Waals surface area contributed by atoms with Crippen LogP contribution in [0.15, 0.2) is 0 Å². The first kappa shape index (κ1) is 13.3. The Kier molecular flexibility index (Phi) is 5.44. The van der Waals surface area contributed by atoms with Crippen molar-refractivity contribution in [1.82, 2.24) is 10.2 Å². The van der Waals surface area contributed by atoms with E-state index in [-0.39, 0.29) is 0 Å². The van der Waals surface area contributed by atoms with Crippen LogP contribution < -0.4 is 5.32 Å². The molecule has 0 aromatic heterocycles. The number of nitrogens with zero attached hydrogens (tertiary/aromatic N) is 1. The van der Waals surface area contributed by atoms with Crippen molar-refractivity contribution >= 4 is 12.6 Å². The first-order valence-corrected chi connectivity index (χ1v) is 6.69. The molecule has 1 saturated heterocycles. The lowest BCUT2D eigenvalue weighted by Gasteiger charge is -2.40. The molecule has 90 valence electrons. The van der Waals surface area contributed by atoms with Gasteiger partial charge in [-0.3, -0.25) is 0 Å². The lowest BCUT2D eigenvalue weighted by molar-refractivity contribution is 0.114. The zero-order valence-electron chi connectivity index (χ0n) is 10.4. The average Bonchev–Trinajstić information content (AvgIpc) is 2.18. The highest BCUT2D eigenvalue weighted by molar-refractivity contribution is 7.80. The van der Waals surface area contributed by atoms with Crippen LogP contribution in [0.4, 0.5) is 0 Å². The molecule has 2 nitrogen and oxygen atoms in total. The Bertz CT molecular complexity index is 174. The molecule has 1 rings (SSSR count). The Morgan fingerprint density at radius 3 is 2.47 bits per heavy atom. The van der Waals surface area contributed by atoms with E-state index in [4.69, 9.17) is 0 Å². The van der Waals surface area contributed by atoms with Gasteiger partial charge in [0.2, 0.25) is 0 Å². The summed E-state index contributed by atoms with van der Waals surface area (Å²) < 4.78 is 0. The summed E-state index contributed by atoms with van der Waals surface area (Å²) in [5.74, 6) is 1.81. The van der Waals surface area contributed by atoms with Crippen molar-refractivity contribution in [2.24, 2.45) is 11.3 Å². The molecule has 1 aliphatic rings. The van der Waals surface area contributed by atoms with Gasteiger partial charge in [0, 0.05) is 18.8 Å². The van der Waals surface area contributed by atoms with Crippen molar-refractivity contribution in [3.05, 3.63) is 0 Å². The maximum absolute atomic E-state index is 4.22. The van der Waals surface area contributed by atoms with E-state index in [1.54, 1.807) is 0 Å². The lowest BCUT2D eigenvalue weighted by atomic mass is 9.73. The van der Waals surface area contributed by atoms with Crippen molar-refractivity contribution in [3.8, 4) is 0 Å². The van der Waals surface area contributed by atoms with Gasteiger partial charge in [0.05, 0.1) is 0 Å². The third-order valence-electron chi connectivity index (χ3n) is 3.69. The fraction of sp³-hybridized carbons (Fsp3) is 1.00. The summed E-state index contributed by atoms with van der Waals surface area (Å²) in [4.78, 5) is 2.44. The molecule has 0 bridgehead atoms. The summed E-state index contributed by atoms with van der Waals surface area (Å²) in [5.41, 5.74) is 0.435. The number of piperidine rings is 1. The zero-order valence-corrected chi connectivity index (χ0v) is 11.3. The van der Waals surface area contributed by atoms with E-state index in [9.17, 15) is 0 Å². The summed E-state index contributed by atoms with van der Waals surface area (Å²) in [6, 6.07) is 0. The van der Waals surface area contributed by atoms with Gasteiger partial charge in [-0.25, -0.2) is 0 Å². The van der Waals surface area contributed by atoms with Crippen molar-refractivity contribution in [2.75, 3.05) is 39.0 Å². The van der Waals surface area contributed by atoms with E-state index < -0.39 is 0 Å². The van der Waals surface area contributed by atoms with E-state index in [2.05, 4.69) is 43.7 Å². The molecule has 1 aliphatic heterocycles. The van der Waals surface area contributed by atoms with Gasteiger partial charge in [0.25, 0.3) is 0 Å². The van der Waals surface area contributed by atoms with Gasteiger partial charge < -0.3 is 10.2 Å².